The number of halogens is 1. The fraction of sp³-hybridized carbons (Fsp3) is 0.455. The Labute approximate surface area is 185 Å². The predicted octanol–water partition coefficient (Wildman–Crippen LogP) is 4.28. The van der Waals surface area contributed by atoms with Gasteiger partial charge in [-0.1, -0.05) is 31.0 Å². The van der Waals surface area contributed by atoms with E-state index < -0.39 is 0 Å². The molecular formula is C22H31IN4O. The zero-order valence-corrected chi connectivity index (χ0v) is 19.1. The quantitative estimate of drug-likeness (QED) is 0.343. The van der Waals surface area contributed by atoms with Crippen LogP contribution in [0.4, 0.5) is 0 Å². The first-order chi connectivity index (χ1) is 13.3. The number of hydrogen-bond donors (Lipinski definition) is 2. The monoisotopic (exact) mass is 494 g/mol. The Kier molecular flexibility index (Phi) is 9.02. The Morgan fingerprint density at radius 3 is 2.64 bits per heavy atom. The van der Waals surface area contributed by atoms with Crippen molar-refractivity contribution in [2.75, 3.05) is 20.2 Å². The van der Waals surface area contributed by atoms with Crippen molar-refractivity contribution in [1.29, 1.82) is 0 Å². The lowest BCUT2D eigenvalue weighted by Crippen LogP contribution is -2.44. The molecule has 28 heavy (non-hydrogen) atoms. The number of hydrogen-bond acceptors (Lipinski definition) is 3. The number of guanidine groups is 1. The lowest BCUT2D eigenvalue weighted by molar-refractivity contribution is 0.404. The zero-order chi connectivity index (χ0) is 19.0. The molecule has 152 valence electrons. The first-order valence-electron chi connectivity index (χ1n) is 9.82. The van der Waals surface area contributed by atoms with Gasteiger partial charge in [0.1, 0.15) is 5.75 Å². The Morgan fingerprint density at radius 1 is 1.14 bits per heavy atom. The van der Waals surface area contributed by atoms with Crippen molar-refractivity contribution in [1.82, 2.24) is 15.6 Å². The first-order valence-corrected chi connectivity index (χ1v) is 9.82. The van der Waals surface area contributed by atoms with Gasteiger partial charge in [-0.2, -0.15) is 0 Å². The van der Waals surface area contributed by atoms with Crippen LogP contribution in [0.1, 0.15) is 43.9 Å². The maximum Gasteiger partial charge on any atom is 0.191 e. The topological polar surface area (TPSA) is 58.5 Å². The molecule has 1 aliphatic carbocycles. The molecule has 0 unspecified atom stereocenters. The van der Waals surface area contributed by atoms with Gasteiger partial charge in [0.15, 0.2) is 5.96 Å². The van der Waals surface area contributed by atoms with E-state index >= 15 is 0 Å². The van der Waals surface area contributed by atoms with Gasteiger partial charge in [-0.05, 0) is 49.6 Å². The van der Waals surface area contributed by atoms with Crippen molar-refractivity contribution in [2.45, 2.75) is 44.6 Å². The summed E-state index contributed by atoms with van der Waals surface area (Å²) in [4.78, 5) is 9.06. The van der Waals surface area contributed by atoms with Gasteiger partial charge in [-0.25, -0.2) is 4.99 Å². The minimum Gasteiger partial charge on any atom is -0.497 e. The van der Waals surface area contributed by atoms with Gasteiger partial charge >= 0.3 is 0 Å². The zero-order valence-electron chi connectivity index (χ0n) is 16.8. The smallest absolute Gasteiger partial charge is 0.191 e. The molecule has 2 aromatic rings. The summed E-state index contributed by atoms with van der Waals surface area (Å²) in [6, 6.07) is 14.4. The van der Waals surface area contributed by atoms with Crippen molar-refractivity contribution >= 4 is 29.9 Å². The molecule has 1 aromatic carbocycles. The number of nitrogens with zero attached hydrogens (tertiary/aromatic N) is 2. The third kappa shape index (κ3) is 5.83. The second-order valence-electron chi connectivity index (χ2n) is 7.09. The molecule has 0 bridgehead atoms. The number of methoxy groups -OCH3 is 1. The highest BCUT2D eigenvalue weighted by Gasteiger charge is 2.36. The number of ether oxygens (including phenoxy) is 1. The Hall–Kier alpha value is -1.83. The van der Waals surface area contributed by atoms with Crippen LogP contribution >= 0.6 is 24.0 Å². The molecule has 1 aromatic heterocycles. The van der Waals surface area contributed by atoms with Crippen LogP contribution in [0.2, 0.25) is 0 Å². The molecule has 3 rings (SSSR count). The number of aromatic nitrogens is 1. The fourth-order valence-corrected chi connectivity index (χ4v) is 3.82. The van der Waals surface area contributed by atoms with Crippen molar-refractivity contribution in [3.8, 4) is 5.75 Å². The molecule has 5 nitrogen and oxygen atoms in total. The van der Waals surface area contributed by atoms with Gasteiger partial charge in [0.2, 0.25) is 0 Å². The second-order valence-corrected chi connectivity index (χ2v) is 7.09. The van der Waals surface area contributed by atoms with Crippen LogP contribution in [0.3, 0.4) is 0 Å². The maximum atomic E-state index is 5.45. The van der Waals surface area contributed by atoms with Gasteiger partial charge < -0.3 is 15.4 Å². The molecular weight excluding hydrogens is 463 g/mol. The lowest BCUT2D eigenvalue weighted by Gasteiger charge is -2.31. The van der Waals surface area contributed by atoms with Crippen molar-refractivity contribution in [3.05, 3.63) is 59.9 Å². The number of pyridine rings is 1. The van der Waals surface area contributed by atoms with E-state index in [0.29, 0.717) is 6.54 Å². The summed E-state index contributed by atoms with van der Waals surface area (Å²) >= 11 is 0. The van der Waals surface area contributed by atoms with Gasteiger partial charge in [-0.15, -0.1) is 24.0 Å². The van der Waals surface area contributed by atoms with Crippen molar-refractivity contribution in [2.24, 2.45) is 4.99 Å². The average molecular weight is 494 g/mol. The number of nitrogens with one attached hydrogen (secondary N) is 2. The molecule has 0 atom stereocenters. The van der Waals surface area contributed by atoms with E-state index in [-0.39, 0.29) is 29.4 Å². The van der Waals surface area contributed by atoms with E-state index in [1.165, 1.54) is 31.2 Å². The second kappa shape index (κ2) is 11.2. The average Bonchev–Trinajstić information content (AvgIpc) is 3.21. The van der Waals surface area contributed by atoms with E-state index in [9.17, 15) is 0 Å². The highest BCUT2D eigenvalue weighted by atomic mass is 127. The van der Waals surface area contributed by atoms with E-state index in [0.717, 1.165) is 30.5 Å². The third-order valence-corrected chi connectivity index (χ3v) is 5.31. The van der Waals surface area contributed by atoms with Gasteiger partial charge in [-0.3, -0.25) is 4.98 Å². The Bertz CT molecular complexity index is 745. The van der Waals surface area contributed by atoms with Crippen LogP contribution in [0.15, 0.2) is 53.7 Å². The van der Waals surface area contributed by atoms with Crippen LogP contribution in [0, 0.1) is 0 Å². The van der Waals surface area contributed by atoms with Crippen molar-refractivity contribution < 1.29 is 4.74 Å². The lowest BCUT2D eigenvalue weighted by atomic mass is 9.78. The summed E-state index contributed by atoms with van der Waals surface area (Å²) in [5.74, 6) is 1.77. The molecule has 6 heteroatoms. The van der Waals surface area contributed by atoms with E-state index in [1.807, 2.05) is 30.5 Å². The highest BCUT2D eigenvalue weighted by molar-refractivity contribution is 14.0. The summed E-state index contributed by atoms with van der Waals surface area (Å²) in [6.07, 6.45) is 6.71. The molecule has 1 saturated carbocycles. The highest BCUT2D eigenvalue weighted by Crippen LogP contribution is 2.41. The first kappa shape index (κ1) is 22.5. The Morgan fingerprint density at radius 2 is 1.96 bits per heavy atom. The minimum absolute atomic E-state index is 0. The summed E-state index contributed by atoms with van der Waals surface area (Å²) < 4.78 is 5.45. The summed E-state index contributed by atoms with van der Waals surface area (Å²) in [5, 5.41) is 6.93. The number of benzene rings is 1. The molecule has 1 aliphatic rings. The molecule has 1 heterocycles. The van der Waals surface area contributed by atoms with Crippen molar-refractivity contribution in [3.63, 3.8) is 0 Å². The maximum absolute atomic E-state index is 5.45. The minimum atomic E-state index is 0. The molecule has 1 fully saturated rings. The summed E-state index contributed by atoms with van der Waals surface area (Å²) in [5.41, 5.74) is 2.46. The molecule has 0 saturated heterocycles. The van der Waals surface area contributed by atoms with E-state index in [1.54, 1.807) is 7.11 Å². The molecule has 0 amide bonds. The fourth-order valence-electron chi connectivity index (χ4n) is 3.82. The molecule has 2 N–H and O–H groups in total. The summed E-state index contributed by atoms with van der Waals surface area (Å²) in [6.45, 7) is 4.36. The van der Waals surface area contributed by atoms with Gasteiger partial charge in [0.05, 0.1) is 19.3 Å². The number of rotatable bonds is 7. The van der Waals surface area contributed by atoms with Crippen LogP contribution in [-0.4, -0.2) is 31.1 Å². The predicted molar refractivity (Wildman–Crippen MR) is 126 cm³/mol. The molecule has 0 spiro atoms. The normalized spacial score (nSPS) is 15.6. The van der Waals surface area contributed by atoms with Crippen LogP contribution < -0.4 is 15.4 Å². The van der Waals surface area contributed by atoms with Crippen LogP contribution in [0.5, 0.6) is 5.75 Å². The Balaban J connectivity index is 0.00000280. The van der Waals surface area contributed by atoms with Crippen LogP contribution in [-0.2, 0) is 12.0 Å². The molecule has 0 aliphatic heterocycles. The van der Waals surface area contributed by atoms with Crippen LogP contribution in [0.25, 0.3) is 0 Å². The summed E-state index contributed by atoms with van der Waals surface area (Å²) in [7, 11) is 1.73. The van der Waals surface area contributed by atoms with E-state index in [2.05, 4.69) is 40.7 Å². The standard InChI is InChI=1S/C22H30N4O.HI/c1-3-23-21(25-16-19-10-4-7-14-24-19)26-17-22(12-5-6-13-22)18-9-8-11-20(15-18)27-2;/h4,7-11,14-15H,3,5-6,12-13,16-17H2,1-2H3,(H2,23,25,26);1H. The van der Waals surface area contributed by atoms with Gasteiger partial charge in [0, 0.05) is 24.7 Å². The third-order valence-electron chi connectivity index (χ3n) is 5.31. The van der Waals surface area contributed by atoms with Gasteiger partial charge in [0.25, 0.3) is 0 Å². The largest absolute Gasteiger partial charge is 0.497 e. The SMILES string of the molecule is CCNC(=NCc1ccccn1)NCC1(c2cccc(OC)c2)CCCC1.I. The molecule has 0 radical (unpaired) electrons. The number of aliphatic imine (C=N–C) groups is 1. The van der Waals surface area contributed by atoms with E-state index in [4.69, 9.17) is 9.73 Å².